The number of halogens is 2. The maximum Gasteiger partial charge on any atom is 0.274 e. The van der Waals surface area contributed by atoms with Gasteiger partial charge >= 0.3 is 0 Å². The molecule has 0 fully saturated rings. The van der Waals surface area contributed by atoms with E-state index >= 15 is 0 Å². The van der Waals surface area contributed by atoms with Gasteiger partial charge in [-0.15, -0.1) is 0 Å². The fourth-order valence-corrected chi connectivity index (χ4v) is 2.19. The number of carbonyl (C=O) groups is 1. The summed E-state index contributed by atoms with van der Waals surface area (Å²) in [5.74, 6) is -2.26. The minimum atomic E-state index is -0.861. The van der Waals surface area contributed by atoms with E-state index < -0.39 is 23.2 Å². The second-order valence-electron chi connectivity index (χ2n) is 5.31. The third-order valence-corrected chi connectivity index (χ3v) is 3.36. The van der Waals surface area contributed by atoms with Crippen molar-refractivity contribution in [2.24, 2.45) is 0 Å². The van der Waals surface area contributed by atoms with Gasteiger partial charge in [-0.3, -0.25) is 4.79 Å². The quantitative estimate of drug-likeness (QED) is 0.752. The maximum atomic E-state index is 13.6. The Hall–Kier alpha value is -3.35. The first-order chi connectivity index (χ1) is 12.0. The number of nitrogens with one attached hydrogen (secondary N) is 2. The highest BCUT2D eigenvalue weighted by atomic mass is 19.1. The zero-order chi connectivity index (χ0) is 17.8. The summed E-state index contributed by atoms with van der Waals surface area (Å²) in [6.45, 7) is 1.94. The summed E-state index contributed by atoms with van der Waals surface area (Å²) in [5.41, 5.74) is 1.28. The van der Waals surface area contributed by atoms with Gasteiger partial charge < -0.3 is 10.6 Å². The first kappa shape index (κ1) is 16.5. The van der Waals surface area contributed by atoms with E-state index in [1.807, 2.05) is 31.2 Å². The molecule has 0 saturated heterocycles. The molecule has 2 aromatic carbocycles. The van der Waals surface area contributed by atoms with E-state index in [-0.39, 0.29) is 11.6 Å². The van der Waals surface area contributed by atoms with E-state index in [2.05, 4.69) is 20.6 Å². The van der Waals surface area contributed by atoms with Gasteiger partial charge in [0.15, 0.2) is 0 Å². The molecule has 5 nitrogen and oxygen atoms in total. The Morgan fingerprint density at radius 2 is 1.76 bits per heavy atom. The predicted molar refractivity (Wildman–Crippen MR) is 90.8 cm³/mol. The smallest absolute Gasteiger partial charge is 0.274 e. The Balaban J connectivity index is 1.80. The first-order valence-corrected chi connectivity index (χ1v) is 7.45. The highest BCUT2D eigenvalue weighted by Gasteiger charge is 2.15. The number of aromatic nitrogens is 2. The van der Waals surface area contributed by atoms with Crippen molar-refractivity contribution < 1.29 is 13.6 Å². The second-order valence-corrected chi connectivity index (χ2v) is 5.31. The molecule has 0 bridgehead atoms. The molecule has 7 heteroatoms. The van der Waals surface area contributed by atoms with Gasteiger partial charge in [-0.05, 0) is 42.8 Å². The van der Waals surface area contributed by atoms with Crippen molar-refractivity contribution in [3.63, 3.8) is 0 Å². The lowest BCUT2D eigenvalue weighted by molar-refractivity contribution is 0.102. The van der Waals surface area contributed by atoms with Crippen LogP contribution in [-0.2, 0) is 0 Å². The van der Waals surface area contributed by atoms with E-state index in [1.54, 1.807) is 0 Å². The normalized spacial score (nSPS) is 10.4. The number of hydrogen-bond donors (Lipinski definition) is 2. The van der Waals surface area contributed by atoms with Crippen molar-refractivity contribution in [3.05, 3.63) is 77.6 Å². The molecule has 0 saturated carbocycles. The first-order valence-electron chi connectivity index (χ1n) is 7.45. The average Bonchev–Trinajstić information content (AvgIpc) is 2.58. The van der Waals surface area contributed by atoms with Crippen LogP contribution in [0, 0.1) is 18.6 Å². The van der Waals surface area contributed by atoms with Crippen molar-refractivity contribution in [1.29, 1.82) is 0 Å². The molecule has 126 valence electrons. The number of hydrogen-bond acceptors (Lipinski definition) is 4. The van der Waals surface area contributed by atoms with E-state index in [4.69, 9.17) is 0 Å². The molecule has 25 heavy (non-hydrogen) atoms. The number of carbonyl (C=O) groups excluding carboxylic acids is 1. The summed E-state index contributed by atoms with van der Waals surface area (Å²) in [5, 5.41) is 5.16. The minimum absolute atomic E-state index is 0.0205. The number of anilines is 3. The highest BCUT2D eigenvalue weighted by molar-refractivity contribution is 6.03. The van der Waals surface area contributed by atoms with Gasteiger partial charge in [0.1, 0.15) is 23.0 Å². The van der Waals surface area contributed by atoms with Crippen LogP contribution in [-0.4, -0.2) is 15.9 Å². The van der Waals surface area contributed by atoms with Crippen LogP contribution in [0.4, 0.5) is 26.1 Å². The molecule has 0 aliphatic carbocycles. The predicted octanol–water partition coefficient (Wildman–Crippen LogP) is 4.06. The highest BCUT2D eigenvalue weighted by Crippen LogP contribution is 2.19. The summed E-state index contributed by atoms with van der Waals surface area (Å²) in [6.07, 6.45) is 1.39. The lowest BCUT2D eigenvalue weighted by Crippen LogP contribution is -2.16. The molecular formula is C18H14F2N4O. The summed E-state index contributed by atoms with van der Waals surface area (Å²) in [6, 6.07) is 12.2. The van der Waals surface area contributed by atoms with Gasteiger partial charge in [-0.25, -0.2) is 18.7 Å². The number of aryl methyl sites for hydroxylation is 1. The molecule has 0 unspecified atom stereocenters. The Labute approximate surface area is 142 Å². The van der Waals surface area contributed by atoms with Crippen molar-refractivity contribution in [3.8, 4) is 0 Å². The lowest BCUT2D eigenvalue weighted by atomic mass is 10.2. The number of nitrogens with zero attached hydrogens (tertiary/aromatic N) is 2. The lowest BCUT2D eigenvalue weighted by Gasteiger charge is -2.09. The van der Waals surface area contributed by atoms with Gasteiger partial charge in [0, 0.05) is 11.9 Å². The van der Waals surface area contributed by atoms with Crippen molar-refractivity contribution in [2.45, 2.75) is 6.92 Å². The number of rotatable bonds is 4. The topological polar surface area (TPSA) is 66.9 Å². The third-order valence-electron chi connectivity index (χ3n) is 3.36. The number of amides is 1. The zero-order valence-electron chi connectivity index (χ0n) is 13.3. The molecule has 3 rings (SSSR count). The van der Waals surface area contributed by atoms with Gasteiger partial charge in [-0.2, -0.15) is 0 Å². The van der Waals surface area contributed by atoms with E-state index in [0.717, 1.165) is 23.4 Å². The Kier molecular flexibility index (Phi) is 4.65. The molecule has 1 aromatic heterocycles. The average molecular weight is 340 g/mol. The van der Waals surface area contributed by atoms with E-state index in [1.165, 1.54) is 18.3 Å². The molecule has 0 atom stereocenters. The fraction of sp³-hybridized carbons (Fsp3) is 0.0556. The molecule has 2 N–H and O–H groups in total. The molecule has 1 amide bonds. The van der Waals surface area contributed by atoms with Crippen LogP contribution in [0.5, 0.6) is 0 Å². The van der Waals surface area contributed by atoms with Gasteiger partial charge in [0.25, 0.3) is 5.91 Å². The van der Waals surface area contributed by atoms with Crippen molar-refractivity contribution in [2.75, 3.05) is 10.6 Å². The Bertz CT molecular complexity index is 910. The summed E-state index contributed by atoms with van der Waals surface area (Å²) in [7, 11) is 0. The van der Waals surface area contributed by atoms with Crippen LogP contribution < -0.4 is 10.6 Å². The number of para-hydroxylation sites is 1. The largest absolute Gasteiger partial charge is 0.324 e. The zero-order valence-corrected chi connectivity index (χ0v) is 13.3. The van der Waals surface area contributed by atoms with Crippen LogP contribution in [0.15, 0.2) is 54.7 Å². The molecule has 0 aliphatic heterocycles. The van der Waals surface area contributed by atoms with Gasteiger partial charge in [0.2, 0.25) is 5.95 Å². The minimum Gasteiger partial charge on any atom is -0.324 e. The second kappa shape index (κ2) is 7.04. The number of benzene rings is 2. The van der Waals surface area contributed by atoms with Crippen LogP contribution in [0.3, 0.4) is 0 Å². The summed E-state index contributed by atoms with van der Waals surface area (Å²) in [4.78, 5) is 20.3. The van der Waals surface area contributed by atoms with Crippen LogP contribution in [0.25, 0.3) is 0 Å². The molecule has 0 aliphatic rings. The van der Waals surface area contributed by atoms with Crippen molar-refractivity contribution in [1.82, 2.24) is 9.97 Å². The van der Waals surface area contributed by atoms with Crippen molar-refractivity contribution >= 4 is 23.2 Å². The molecule has 3 aromatic rings. The van der Waals surface area contributed by atoms with Crippen LogP contribution >= 0.6 is 0 Å². The van der Waals surface area contributed by atoms with Crippen LogP contribution in [0.2, 0.25) is 0 Å². The van der Waals surface area contributed by atoms with Crippen LogP contribution in [0.1, 0.15) is 16.1 Å². The third kappa shape index (κ3) is 3.95. The van der Waals surface area contributed by atoms with E-state index in [9.17, 15) is 13.6 Å². The fourth-order valence-electron chi connectivity index (χ4n) is 2.19. The van der Waals surface area contributed by atoms with E-state index in [0.29, 0.717) is 0 Å². The maximum absolute atomic E-state index is 13.6. The SMILES string of the molecule is Cc1cccc(Nc2nccc(C(=O)Nc3c(F)cccc3F)n2)c1. The van der Waals surface area contributed by atoms with Gasteiger partial charge in [-0.1, -0.05) is 18.2 Å². The standard InChI is InChI=1S/C18H14F2N4O/c1-11-4-2-5-12(10-11)22-18-21-9-8-15(23-18)17(25)24-16-13(19)6-3-7-14(16)20/h2-10H,1H3,(H,24,25)(H,21,22,23). The molecule has 0 radical (unpaired) electrons. The summed E-state index contributed by atoms with van der Waals surface area (Å²) >= 11 is 0. The molecular weight excluding hydrogens is 326 g/mol. The Morgan fingerprint density at radius 1 is 1.04 bits per heavy atom. The van der Waals surface area contributed by atoms with Gasteiger partial charge in [0.05, 0.1) is 0 Å². The molecule has 0 spiro atoms. The monoisotopic (exact) mass is 340 g/mol. The summed E-state index contributed by atoms with van der Waals surface area (Å²) < 4.78 is 27.3. The molecule has 1 heterocycles. The Morgan fingerprint density at radius 3 is 2.48 bits per heavy atom.